The lowest BCUT2D eigenvalue weighted by molar-refractivity contribution is -0.132. The fourth-order valence-electron chi connectivity index (χ4n) is 3.33. The van der Waals surface area contributed by atoms with Crippen LogP contribution < -0.4 is 4.74 Å². The summed E-state index contributed by atoms with van der Waals surface area (Å²) in [6.07, 6.45) is 3.07. The van der Waals surface area contributed by atoms with Gasteiger partial charge in [0.05, 0.1) is 11.1 Å². The second-order valence-electron chi connectivity index (χ2n) is 9.08. The number of hydrogen-bond donors (Lipinski definition) is 2. The Morgan fingerprint density at radius 3 is 2.48 bits per heavy atom. The van der Waals surface area contributed by atoms with Crippen LogP contribution in [0.4, 0.5) is 0 Å². The number of Topliss-reactive ketones (excluding diaryl/α,β-unsaturated/α-hetero) is 1. The van der Waals surface area contributed by atoms with Crippen molar-refractivity contribution in [2.75, 3.05) is 0 Å². The van der Waals surface area contributed by atoms with Crippen LogP contribution in [0.25, 0.3) is 5.57 Å². The maximum absolute atomic E-state index is 12.5. The molecule has 0 amide bonds. The Kier molecular flexibility index (Phi) is 8.35. The highest BCUT2D eigenvalue weighted by Gasteiger charge is 2.21. The molecule has 6 nitrogen and oxygen atoms in total. The molecule has 0 aromatic heterocycles. The Morgan fingerprint density at radius 2 is 1.88 bits per heavy atom. The number of hydrogen-bond acceptors (Lipinski definition) is 5. The topological polar surface area (TPSA) is 96.2 Å². The number of aromatic hydroxyl groups is 1. The van der Waals surface area contributed by atoms with Crippen LogP contribution >= 0.6 is 0 Å². The fourth-order valence-corrected chi connectivity index (χ4v) is 3.33. The number of carbonyl (C=O) groups is 2. The molecule has 0 spiro atoms. The van der Waals surface area contributed by atoms with E-state index in [2.05, 4.69) is 11.7 Å². The summed E-state index contributed by atoms with van der Waals surface area (Å²) in [6, 6.07) is 10.6. The lowest BCUT2D eigenvalue weighted by atomic mass is 9.87. The lowest BCUT2D eigenvalue weighted by Crippen LogP contribution is -2.13. The van der Waals surface area contributed by atoms with Crippen LogP contribution in [-0.4, -0.2) is 28.7 Å². The van der Waals surface area contributed by atoms with Gasteiger partial charge >= 0.3 is 5.97 Å². The van der Waals surface area contributed by atoms with Crippen molar-refractivity contribution in [2.45, 2.75) is 47.6 Å². The summed E-state index contributed by atoms with van der Waals surface area (Å²) in [7, 11) is 0. The van der Waals surface area contributed by atoms with Gasteiger partial charge in [0, 0.05) is 18.2 Å². The van der Waals surface area contributed by atoms with E-state index in [4.69, 9.17) is 4.74 Å². The van der Waals surface area contributed by atoms with E-state index in [0.29, 0.717) is 28.9 Å². The molecule has 0 unspecified atom stereocenters. The molecule has 0 aliphatic rings. The normalized spacial score (nSPS) is 12.4. The van der Waals surface area contributed by atoms with Crippen molar-refractivity contribution in [2.24, 2.45) is 10.4 Å². The third-order valence-corrected chi connectivity index (χ3v) is 5.11. The molecule has 0 atom stereocenters. The third kappa shape index (κ3) is 6.91. The number of carboxylic acid groups (broad SMARTS) is 1. The van der Waals surface area contributed by atoms with Crippen LogP contribution in [0.2, 0.25) is 0 Å². The van der Waals surface area contributed by atoms with E-state index < -0.39 is 5.97 Å². The molecular weight excluding hydrogens is 418 g/mol. The summed E-state index contributed by atoms with van der Waals surface area (Å²) in [4.78, 5) is 27.7. The van der Waals surface area contributed by atoms with Gasteiger partial charge in [-0.15, -0.1) is 0 Å². The van der Waals surface area contributed by atoms with Gasteiger partial charge in [-0.1, -0.05) is 39.0 Å². The molecule has 0 heterocycles. The number of nitrogens with zero attached hydrogens (tertiary/aromatic N) is 1. The van der Waals surface area contributed by atoms with Crippen LogP contribution in [-0.2, 0) is 11.4 Å². The quantitative estimate of drug-likeness (QED) is 0.213. The average Bonchev–Trinajstić information content (AvgIpc) is 2.73. The summed E-state index contributed by atoms with van der Waals surface area (Å²) in [5.74, 6) is -0.757. The standard InChI is InChI=1S/C27H31NO5/c1-17(21(26(31)32)12-13-28-6)20-9-7-8-19(14-20)16-33-24-11-10-22(25(30)18(24)2)23(29)15-27(3,4)5/h7-14,30H,6,15-16H2,1-5H3,(H,31,32)/b13-12-,21-17-. The molecule has 0 saturated heterocycles. The molecular formula is C27H31NO5. The molecule has 33 heavy (non-hydrogen) atoms. The largest absolute Gasteiger partial charge is 0.507 e. The highest BCUT2D eigenvalue weighted by atomic mass is 16.5. The SMILES string of the molecule is C=N/C=C\C(C(=O)O)=C(/C)c1cccc(COc2ccc(C(=O)CC(C)(C)C)c(O)c2C)c1. The van der Waals surface area contributed by atoms with Gasteiger partial charge in [0.1, 0.15) is 18.1 Å². The molecule has 0 saturated carbocycles. The second kappa shape index (κ2) is 10.8. The zero-order valence-electron chi connectivity index (χ0n) is 19.8. The average molecular weight is 450 g/mol. The Labute approximate surface area is 195 Å². The number of carbonyl (C=O) groups excluding carboxylic acids is 1. The van der Waals surface area contributed by atoms with E-state index in [1.807, 2.05) is 45.0 Å². The van der Waals surface area contributed by atoms with Gasteiger partial charge in [-0.25, -0.2) is 4.79 Å². The van der Waals surface area contributed by atoms with E-state index in [-0.39, 0.29) is 29.1 Å². The fraction of sp³-hybridized carbons (Fsp3) is 0.296. The lowest BCUT2D eigenvalue weighted by Gasteiger charge is -2.18. The molecule has 0 radical (unpaired) electrons. The van der Waals surface area contributed by atoms with Crippen LogP contribution in [0.1, 0.15) is 61.2 Å². The van der Waals surface area contributed by atoms with Crippen molar-refractivity contribution >= 4 is 24.0 Å². The monoisotopic (exact) mass is 449 g/mol. The van der Waals surface area contributed by atoms with Gasteiger partial charge in [0.2, 0.25) is 0 Å². The minimum absolute atomic E-state index is 0.0667. The number of aliphatic carboxylic acids is 1. The van der Waals surface area contributed by atoms with Crippen molar-refractivity contribution in [3.63, 3.8) is 0 Å². The predicted octanol–water partition coefficient (Wildman–Crippen LogP) is 5.97. The van der Waals surface area contributed by atoms with Gasteiger partial charge < -0.3 is 14.9 Å². The molecule has 0 aliphatic heterocycles. The van der Waals surface area contributed by atoms with Crippen LogP contribution in [0.5, 0.6) is 11.5 Å². The van der Waals surface area contributed by atoms with E-state index in [1.165, 1.54) is 12.3 Å². The number of phenolic OH excluding ortho intramolecular Hbond substituents is 1. The van der Waals surface area contributed by atoms with Crippen LogP contribution in [0.3, 0.4) is 0 Å². The number of ether oxygens (including phenoxy) is 1. The first-order valence-electron chi connectivity index (χ1n) is 10.6. The summed E-state index contributed by atoms with van der Waals surface area (Å²) < 4.78 is 5.91. The Morgan fingerprint density at radius 1 is 1.18 bits per heavy atom. The van der Waals surface area contributed by atoms with Crippen molar-refractivity contribution in [1.29, 1.82) is 0 Å². The molecule has 0 aliphatic carbocycles. The highest BCUT2D eigenvalue weighted by molar-refractivity contribution is 6.00. The summed E-state index contributed by atoms with van der Waals surface area (Å²) in [5, 5.41) is 20.1. The summed E-state index contributed by atoms with van der Waals surface area (Å²) in [6.45, 7) is 12.9. The first kappa shape index (κ1) is 25.6. The van der Waals surface area contributed by atoms with E-state index in [0.717, 1.165) is 11.1 Å². The minimum atomic E-state index is -1.05. The van der Waals surface area contributed by atoms with Crippen molar-refractivity contribution in [3.8, 4) is 11.5 Å². The van der Waals surface area contributed by atoms with Gasteiger partial charge in [-0.2, -0.15) is 0 Å². The van der Waals surface area contributed by atoms with Crippen LogP contribution in [0.15, 0.2) is 59.2 Å². The van der Waals surface area contributed by atoms with E-state index in [9.17, 15) is 19.8 Å². The molecule has 0 fully saturated rings. The Bertz CT molecular complexity index is 1120. The smallest absolute Gasteiger partial charge is 0.336 e. The zero-order valence-corrected chi connectivity index (χ0v) is 19.8. The molecule has 174 valence electrons. The Hall–Kier alpha value is -3.67. The zero-order chi connectivity index (χ0) is 24.8. The number of carboxylic acids is 1. The Balaban J connectivity index is 2.25. The molecule has 2 N–H and O–H groups in total. The molecule has 6 heteroatoms. The number of allylic oxidation sites excluding steroid dienone is 1. The maximum Gasteiger partial charge on any atom is 0.336 e. The maximum atomic E-state index is 12.5. The molecule has 2 aromatic carbocycles. The number of rotatable bonds is 9. The molecule has 2 rings (SSSR count). The first-order valence-corrected chi connectivity index (χ1v) is 10.6. The van der Waals surface area contributed by atoms with E-state index in [1.54, 1.807) is 26.0 Å². The highest BCUT2D eigenvalue weighted by Crippen LogP contribution is 2.33. The van der Waals surface area contributed by atoms with Crippen molar-refractivity contribution < 1.29 is 24.5 Å². The van der Waals surface area contributed by atoms with Gasteiger partial charge in [-0.3, -0.25) is 9.79 Å². The molecule has 0 bridgehead atoms. The number of benzene rings is 2. The second-order valence-corrected chi connectivity index (χ2v) is 9.08. The predicted molar refractivity (Wildman–Crippen MR) is 131 cm³/mol. The van der Waals surface area contributed by atoms with E-state index >= 15 is 0 Å². The van der Waals surface area contributed by atoms with Gasteiger partial charge in [-0.05, 0) is 67.0 Å². The van der Waals surface area contributed by atoms with Crippen molar-refractivity contribution in [1.82, 2.24) is 0 Å². The summed E-state index contributed by atoms with van der Waals surface area (Å²) >= 11 is 0. The van der Waals surface area contributed by atoms with Gasteiger partial charge in [0.15, 0.2) is 5.78 Å². The number of ketones is 1. The van der Waals surface area contributed by atoms with Crippen LogP contribution in [0, 0.1) is 12.3 Å². The minimum Gasteiger partial charge on any atom is -0.507 e. The first-order chi connectivity index (χ1) is 15.4. The number of aliphatic imine (C=N–C) groups is 1. The number of phenols is 1. The van der Waals surface area contributed by atoms with Crippen molar-refractivity contribution in [3.05, 3.63) is 76.5 Å². The summed E-state index contributed by atoms with van der Waals surface area (Å²) in [5.41, 5.74) is 2.89. The third-order valence-electron chi connectivity index (χ3n) is 5.11. The molecule has 2 aromatic rings. The van der Waals surface area contributed by atoms with Gasteiger partial charge in [0.25, 0.3) is 0 Å².